The lowest BCUT2D eigenvalue weighted by atomic mass is 10.2. The summed E-state index contributed by atoms with van der Waals surface area (Å²) in [4.78, 5) is 0.177. The highest BCUT2D eigenvalue weighted by molar-refractivity contribution is 7.92. The number of hydrogen-bond acceptors (Lipinski definition) is 3. The Balaban J connectivity index is 2.43. The van der Waals surface area contributed by atoms with Crippen LogP contribution in [0.3, 0.4) is 0 Å². The normalized spacial score (nSPS) is 11.6. The third-order valence-electron chi connectivity index (χ3n) is 2.92. The Bertz CT molecular complexity index is 738. The van der Waals surface area contributed by atoms with E-state index < -0.39 is 10.0 Å². The van der Waals surface area contributed by atoms with Crippen LogP contribution >= 0.6 is 11.6 Å². The van der Waals surface area contributed by atoms with Crippen LogP contribution in [0.25, 0.3) is 0 Å². The molecule has 0 unspecified atom stereocenters. The van der Waals surface area contributed by atoms with Crippen molar-refractivity contribution in [3.8, 4) is 0 Å². The Hall–Kier alpha value is -1.53. The van der Waals surface area contributed by atoms with Gasteiger partial charge in [0.15, 0.2) is 0 Å². The summed E-state index contributed by atoms with van der Waals surface area (Å²) in [5.41, 5.74) is 1.84. The van der Waals surface area contributed by atoms with E-state index in [0.717, 1.165) is 0 Å². The second-order valence-corrected chi connectivity index (χ2v) is 6.62. The van der Waals surface area contributed by atoms with E-state index >= 15 is 0 Å². The molecule has 0 radical (unpaired) electrons. The van der Waals surface area contributed by atoms with Crippen LogP contribution in [0.2, 0.25) is 5.02 Å². The number of hydrogen-bond donors (Lipinski definition) is 1. The minimum Gasteiger partial charge on any atom is -0.276 e. The molecule has 0 fully saturated rings. The smallest absolute Gasteiger partial charge is 0.262 e. The minimum absolute atomic E-state index is 0.177. The highest BCUT2D eigenvalue weighted by Crippen LogP contribution is 2.24. The molecule has 0 amide bonds. The molecule has 1 aromatic carbocycles. The van der Waals surface area contributed by atoms with Crippen molar-refractivity contribution in [2.45, 2.75) is 25.2 Å². The zero-order chi connectivity index (χ0) is 14.9. The molecular weight excluding hydrogens is 298 g/mol. The number of nitrogens with one attached hydrogen (secondary N) is 1. The SMILES string of the molecule is CCc1nn(C)cc1NS(=O)(=O)c1cc(Cl)ccc1C. The van der Waals surface area contributed by atoms with Crippen molar-refractivity contribution in [2.75, 3.05) is 4.72 Å². The fourth-order valence-electron chi connectivity index (χ4n) is 1.94. The van der Waals surface area contributed by atoms with Gasteiger partial charge in [-0.15, -0.1) is 0 Å². The molecule has 20 heavy (non-hydrogen) atoms. The van der Waals surface area contributed by atoms with E-state index in [0.29, 0.717) is 28.4 Å². The summed E-state index contributed by atoms with van der Waals surface area (Å²) in [5, 5.41) is 4.60. The molecule has 7 heteroatoms. The maximum absolute atomic E-state index is 12.4. The molecule has 0 aliphatic rings. The second-order valence-electron chi connectivity index (χ2n) is 4.53. The highest BCUT2D eigenvalue weighted by atomic mass is 35.5. The number of benzene rings is 1. The number of aromatic nitrogens is 2. The van der Waals surface area contributed by atoms with Gasteiger partial charge in [-0.2, -0.15) is 5.10 Å². The van der Waals surface area contributed by atoms with Crippen molar-refractivity contribution in [1.82, 2.24) is 9.78 Å². The zero-order valence-corrected chi connectivity index (χ0v) is 13.1. The molecule has 108 valence electrons. The summed E-state index contributed by atoms with van der Waals surface area (Å²) in [5.74, 6) is 0. The van der Waals surface area contributed by atoms with E-state index in [2.05, 4.69) is 9.82 Å². The minimum atomic E-state index is -3.67. The van der Waals surface area contributed by atoms with E-state index in [4.69, 9.17) is 11.6 Å². The van der Waals surface area contributed by atoms with Crippen LogP contribution in [-0.2, 0) is 23.5 Å². The van der Waals surface area contributed by atoms with E-state index in [1.807, 2.05) is 6.92 Å². The van der Waals surface area contributed by atoms with Gasteiger partial charge in [-0.1, -0.05) is 24.6 Å². The number of rotatable bonds is 4. The van der Waals surface area contributed by atoms with Crippen molar-refractivity contribution in [2.24, 2.45) is 7.05 Å². The average Bonchev–Trinajstić information content (AvgIpc) is 2.71. The van der Waals surface area contributed by atoms with Crippen molar-refractivity contribution >= 4 is 27.3 Å². The van der Waals surface area contributed by atoms with Gasteiger partial charge in [0.2, 0.25) is 0 Å². The van der Waals surface area contributed by atoms with Gasteiger partial charge in [0.25, 0.3) is 10.0 Å². The van der Waals surface area contributed by atoms with Gasteiger partial charge in [-0.05, 0) is 31.0 Å². The van der Waals surface area contributed by atoms with E-state index in [-0.39, 0.29) is 4.90 Å². The van der Waals surface area contributed by atoms with Crippen LogP contribution in [0.1, 0.15) is 18.2 Å². The molecule has 0 spiro atoms. The molecule has 1 aromatic heterocycles. The van der Waals surface area contributed by atoms with Gasteiger partial charge < -0.3 is 0 Å². The predicted molar refractivity (Wildman–Crippen MR) is 79.6 cm³/mol. The van der Waals surface area contributed by atoms with Crippen LogP contribution in [0.4, 0.5) is 5.69 Å². The summed E-state index contributed by atoms with van der Waals surface area (Å²) < 4.78 is 29.0. The largest absolute Gasteiger partial charge is 0.276 e. The summed E-state index contributed by atoms with van der Waals surface area (Å²) in [6, 6.07) is 4.79. The van der Waals surface area contributed by atoms with Gasteiger partial charge in [0.05, 0.1) is 16.3 Å². The fraction of sp³-hybridized carbons (Fsp3) is 0.308. The Morgan fingerprint density at radius 3 is 2.75 bits per heavy atom. The lowest BCUT2D eigenvalue weighted by molar-refractivity contribution is 0.600. The maximum atomic E-state index is 12.4. The molecule has 0 atom stereocenters. The standard InChI is InChI=1S/C13H16ClN3O2S/c1-4-11-12(8-17(3)15-11)16-20(18,19)13-7-10(14)6-5-9(13)2/h5-8,16H,4H2,1-3H3. The molecule has 0 bridgehead atoms. The molecule has 2 aromatic rings. The van der Waals surface area contributed by atoms with Crippen molar-refractivity contribution in [3.63, 3.8) is 0 Å². The molecule has 1 heterocycles. The molecule has 0 aliphatic carbocycles. The van der Waals surface area contributed by atoms with Crippen molar-refractivity contribution in [3.05, 3.63) is 40.7 Å². The first-order valence-corrected chi connectivity index (χ1v) is 8.01. The van der Waals surface area contributed by atoms with Crippen LogP contribution in [0.15, 0.2) is 29.3 Å². The molecular formula is C13H16ClN3O2S. The lowest BCUT2D eigenvalue weighted by Gasteiger charge is -2.10. The Kier molecular flexibility index (Phi) is 4.06. The molecule has 1 N–H and O–H groups in total. The van der Waals surface area contributed by atoms with Gasteiger partial charge >= 0.3 is 0 Å². The second kappa shape index (κ2) is 5.46. The van der Waals surface area contributed by atoms with Gasteiger partial charge in [-0.25, -0.2) is 8.42 Å². The number of sulfonamides is 1. The van der Waals surface area contributed by atoms with Gasteiger partial charge in [0.1, 0.15) is 0 Å². The first kappa shape index (κ1) is 14.9. The first-order valence-electron chi connectivity index (χ1n) is 6.15. The first-order chi connectivity index (χ1) is 9.33. The van der Waals surface area contributed by atoms with Crippen molar-refractivity contribution < 1.29 is 8.42 Å². The van der Waals surface area contributed by atoms with E-state index in [1.54, 1.807) is 37.0 Å². The highest BCUT2D eigenvalue weighted by Gasteiger charge is 2.19. The quantitative estimate of drug-likeness (QED) is 0.944. The topological polar surface area (TPSA) is 64.0 Å². The Labute approximate surface area is 123 Å². The summed E-state index contributed by atoms with van der Waals surface area (Å²) in [6.45, 7) is 3.65. The van der Waals surface area contributed by atoms with E-state index in [1.165, 1.54) is 6.07 Å². The van der Waals surface area contributed by atoms with Gasteiger partial charge in [-0.3, -0.25) is 9.40 Å². The number of nitrogens with zero attached hydrogens (tertiary/aromatic N) is 2. The fourth-order valence-corrected chi connectivity index (χ4v) is 3.52. The third-order valence-corrected chi connectivity index (χ3v) is 4.67. The maximum Gasteiger partial charge on any atom is 0.262 e. The monoisotopic (exact) mass is 313 g/mol. The molecule has 2 rings (SSSR count). The van der Waals surface area contributed by atoms with Crippen LogP contribution in [-0.4, -0.2) is 18.2 Å². The van der Waals surface area contributed by atoms with Gasteiger partial charge in [0, 0.05) is 18.3 Å². The van der Waals surface area contributed by atoms with Crippen LogP contribution < -0.4 is 4.72 Å². The zero-order valence-electron chi connectivity index (χ0n) is 11.5. The predicted octanol–water partition coefficient (Wildman–Crippen LogP) is 2.75. The molecule has 5 nitrogen and oxygen atoms in total. The molecule has 0 saturated heterocycles. The summed E-state index contributed by atoms with van der Waals surface area (Å²) >= 11 is 5.88. The van der Waals surface area contributed by atoms with Crippen LogP contribution in [0, 0.1) is 6.92 Å². The Morgan fingerprint density at radius 1 is 1.40 bits per heavy atom. The molecule has 0 saturated carbocycles. The molecule has 0 aliphatic heterocycles. The number of aryl methyl sites for hydroxylation is 3. The third kappa shape index (κ3) is 2.96. The van der Waals surface area contributed by atoms with Crippen LogP contribution in [0.5, 0.6) is 0 Å². The lowest BCUT2D eigenvalue weighted by Crippen LogP contribution is -2.14. The Morgan fingerprint density at radius 2 is 2.10 bits per heavy atom. The average molecular weight is 314 g/mol. The summed E-state index contributed by atoms with van der Waals surface area (Å²) in [7, 11) is -1.92. The van der Waals surface area contributed by atoms with Crippen molar-refractivity contribution in [1.29, 1.82) is 0 Å². The number of halogens is 1. The van der Waals surface area contributed by atoms with E-state index in [9.17, 15) is 8.42 Å². The summed E-state index contributed by atoms with van der Waals surface area (Å²) in [6.07, 6.45) is 2.30. The number of anilines is 1.